The predicted molar refractivity (Wildman–Crippen MR) is 114 cm³/mol. The van der Waals surface area contributed by atoms with Gasteiger partial charge in [-0.2, -0.15) is 0 Å². The van der Waals surface area contributed by atoms with E-state index in [9.17, 15) is 9.59 Å². The largest absolute Gasteiger partial charge is 0.341 e. The summed E-state index contributed by atoms with van der Waals surface area (Å²) in [6.45, 7) is 3.26. The third kappa shape index (κ3) is 3.18. The van der Waals surface area contributed by atoms with Crippen molar-refractivity contribution in [2.75, 3.05) is 5.32 Å². The third-order valence-corrected chi connectivity index (χ3v) is 4.52. The molecule has 0 saturated carbocycles. The number of Topliss-reactive ketones (excluding diaryl/α,β-unsaturated/α-hetero) is 1. The summed E-state index contributed by atoms with van der Waals surface area (Å²) in [5.74, 6) is 0.393. The maximum absolute atomic E-state index is 13.0. The first-order valence-electron chi connectivity index (χ1n) is 9.00. The minimum atomic E-state index is -0.238. The fourth-order valence-corrected chi connectivity index (χ4v) is 3.34. The van der Waals surface area contributed by atoms with Crippen molar-refractivity contribution in [3.05, 3.63) is 94.4 Å². The van der Waals surface area contributed by atoms with Crippen LogP contribution in [-0.4, -0.2) is 15.3 Å². The molecular weight excluding hydrogens is 350 g/mol. The van der Waals surface area contributed by atoms with E-state index in [1.165, 1.54) is 13.0 Å². The van der Waals surface area contributed by atoms with Crippen molar-refractivity contribution < 1.29 is 6.22 Å². The average Bonchev–Trinajstić information content (AvgIpc) is 2.68. The van der Waals surface area contributed by atoms with Crippen LogP contribution in [0.5, 0.6) is 0 Å². The molecule has 0 aliphatic heterocycles. The van der Waals surface area contributed by atoms with Crippen LogP contribution in [-0.2, 0) is 0 Å². The van der Waals surface area contributed by atoms with E-state index in [4.69, 9.17) is 0 Å². The Balaban J connectivity index is 0.00000240. The van der Waals surface area contributed by atoms with E-state index in [2.05, 4.69) is 10.3 Å². The second kappa shape index (κ2) is 7.12. The number of rotatable bonds is 4. The number of carbonyl (C=O) groups is 1. The summed E-state index contributed by atoms with van der Waals surface area (Å²) in [6, 6.07) is 22.7. The molecule has 0 aliphatic carbocycles. The fourth-order valence-electron chi connectivity index (χ4n) is 3.34. The number of benzene rings is 2. The lowest BCUT2D eigenvalue weighted by molar-refractivity contribution is 0.101. The lowest BCUT2D eigenvalue weighted by Gasteiger charge is -2.19. The lowest BCUT2D eigenvalue weighted by Crippen LogP contribution is -2.16. The molecule has 0 unspecified atom stereocenters. The van der Waals surface area contributed by atoms with Gasteiger partial charge in [-0.3, -0.25) is 14.2 Å². The topological polar surface area (TPSA) is 64.0 Å². The Morgan fingerprint density at radius 3 is 2.29 bits per heavy atom. The summed E-state index contributed by atoms with van der Waals surface area (Å²) in [7, 11) is 0. The van der Waals surface area contributed by atoms with E-state index in [-0.39, 0.29) is 18.3 Å². The van der Waals surface area contributed by atoms with Gasteiger partial charge in [0.2, 0.25) is 0 Å². The highest BCUT2D eigenvalue weighted by Crippen LogP contribution is 2.26. The minimum Gasteiger partial charge on any atom is -0.341 e. The van der Waals surface area contributed by atoms with Crippen molar-refractivity contribution in [2.45, 2.75) is 13.8 Å². The van der Waals surface area contributed by atoms with Gasteiger partial charge in [0.25, 0.3) is 0 Å². The number of nitrogens with zero attached hydrogens (tertiary/aromatic N) is 2. The van der Waals surface area contributed by atoms with Crippen molar-refractivity contribution in [2.24, 2.45) is 0 Å². The number of pyridine rings is 2. The molecule has 140 valence electrons. The molecule has 4 rings (SSSR count). The molecular formula is C23H21N3O2. The number of aromatic nitrogens is 2. The first-order chi connectivity index (χ1) is 13.5. The van der Waals surface area contributed by atoms with Crippen molar-refractivity contribution in [1.29, 1.82) is 0 Å². The van der Waals surface area contributed by atoms with E-state index in [1.54, 1.807) is 0 Å². The smallest absolute Gasteiger partial charge is 0.193 e. The lowest BCUT2D eigenvalue weighted by atomic mass is 10.1. The Kier molecular flexibility index (Phi) is 4.49. The van der Waals surface area contributed by atoms with Gasteiger partial charge >= 0.3 is 0 Å². The van der Waals surface area contributed by atoms with Crippen LogP contribution < -0.4 is 10.7 Å². The highest BCUT2D eigenvalue weighted by atomic mass is 16.1. The Morgan fingerprint density at radius 1 is 1.00 bits per heavy atom. The number of fused-ring (bicyclic) bond motifs is 1. The first-order valence-corrected chi connectivity index (χ1v) is 9.00. The summed E-state index contributed by atoms with van der Waals surface area (Å²) < 4.78 is 1.95. The average molecular weight is 371 g/mol. The highest BCUT2D eigenvalue weighted by molar-refractivity contribution is 6.05. The number of aryl methyl sites for hydroxylation is 1. The number of hydrogen-bond donors (Lipinski definition) is 1. The van der Waals surface area contributed by atoms with Gasteiger partial charge in [-0.25, -0.2) is 4.98 Å². The minimum absolute atomic E-state index is 0. The predicted octanol–water partition coefficient (Wildman–Crippen LogP) is 4.89. The molecule has 0 saturated heterocycles. The molecule has 0 amide bonds. The summed E-state index contributed by atoms with van der Waals surface area (Å²) in [4.78, 5) is 29.5. The second-order valence-corrected chi connectivity index (χ2v) is 6.62. The van der Waals surface area contributed by atoms with Gasteiger partial charge in [-0.15, -0.1) is 0 Å². The second-order valence-electron chi connectivity index (χ2n) is 6.62. The number of anilines is 2. The van der Waals surface area contributed by atoms with Crippen molar-refractivity contribution >= 4 is 28.2 Å². The molecule has 0 bridgehead atoms. The maximum atomic E-state index is 13.0. The number of ketones is 1. The molecule has 2 aromatic carbocycles. The van der Waals surface area contributed by atoms with Crippen molar-refractivity contribution in [3.8, 4) is 5.69 Å². The normalized spacial score (nSPS) is 10.8. The molecule has 1 N–H and O–H groups in total. The molecule has 0 fully saturated rings. The van der Waals surface area contributed by atoms with Crippen LogP contribution in [0.1, 0.15) is 24.5 Å². The summed E-state index contributed by atoms with van der Waals surface area (Å²) in [5, 5.41) is 3.66. The Bertz CT molecular complexity index is 1240. The molecule has 0 radical (unpaired) electrons. The van der Waals surface area contributed by atoms with Crippen LogP contribution in [0.4, 0.5) is 11.5 Å². The molecule has 4 aromatic rings. The van der Waals surface area contributed by atoms with Gasteiger partial charge in [-0.05, 0) is 37.3 Å². The molecule has 0 aliphatic rings. The molecule has 2 heterocycles. The quantitative estimate of drug-likeness (QED) is 0.519. The molecule has 0 spiro atoms. The van der Waals surface area contributed by atoms with E-state index >= 15 is 0 Å². The zero-order chi connectivity index (χ0) is 19.7. The van der Waals surface area contributed by atoms with Crippen LogP contribution in [0.3, 0.4) is 0 Å². The molecule has 2 aromatic heterocycles. The van der Waals surface area contributed by atoms with E-state index < -0.39 is 0 Å². The van der Waals surface area contributed by atoms with E-state index in [0.717, 1.165) is 11.4 Å². The standard InChI is InChI=1S/C23H19N3O2.H2/c1-15-13-19-22(23(24-15)16(2)27)20(28)14-21(25-17-9-5-3-6-10-17)26(19)18-11-7-4-8-12-18;/h3-14,25H,1-2H3;1H. The number of para-hydroxylation sites is 2. The molecule has 5 nitrogen and oxygen atoms in total. The monoisotopic (exact) mass is 371 g/mol. The zero-order valence-corrected chi connectivity index (χ0v) is 15.6. The van der Waals surface area contributed by atoms with Gasteiger partial charge in [0, 0.05) is 31.5 Å². The SMILES string of the molecule is CC(=O)c1nc(C)cc2c1c(=O)cc(Nc1ccccc1)n2-c1ccccc1.[HH]. The molecule has 0 atom stereocenters. The fraction of sp³-hybridized carbons (Fsp3) is 0.0870. The Labute approximate surface area is 163 Å². The van der Waals surface area contributed by atoms with Crippen molar-refractivity contribution in [1.82, 2.24) is 9.55 Å². The maximum Gasteiger partial charge on any atom is 0.193 e. The highest BCUT2D eigenvalue weighted by Gasteiger charge is 2.18. The van der Waals surface area contributed by atoms with Crippen molar-refractivity contribution in [3.63, 3.8) is 0 Å². The van der Waals surface area contributed by atoms with Crippen LogP contribution >= 0.6 is 0 Å². The summed E-state index contributed by atoms with van der Waals surface area (Å²) in [5.41, 5.74) is 3.04. The van der Waals surface area contributed by atoms with Gasteiger partial charge in [0.05, 0.1) is 10.9 Å². The first kappa shape index (κ1) is 17.7. The van der Waals surface area contributed by atoms with Gasteiger partial charge in [0.1, 0.15) is 11.5 Å². The Morgan fingerprint density at radius 2 is 1.64 bits per heavy atom. The van der Waals surface area contributed by atoms with E-state index in [0.29, 0.717) is 22.4 Å². The number of nitrogens with one attached hydrogen (secondary N) is 1. The van der Waals surface area contributed by atoms with Crippen LogP contribution in [0.25, 0.3) is 16.6 Å². The molecule has 28 heavy (non-hydrogen) atoms. The number of hydrogen-bond acceptors (Lipinski definition) is 4. The summed E-state index contributed by atoms with van der Waals surface area (Å²) >= 11 is 0. The van der Waals surface area contributed by atoms with Crippen LogP contribution in [0.15, 0.2) is 77.6 Å². The van der Waals surface area contributed by atoms with Gasteiger partial charge in [-0.1, -0.05) is 36.4 Å². The van der Waals surface area contributed by atoms with Gasteiger partial charge in [0.15, 0.2) is 11.2 Å². The molecule has 5 heteroatoms. The summed E-state index contributed by atoms with van der Waals surface area (Å²) in [6.07, 6.45) is 0. The van der Waals surface area contributed by atoms with Crippen LogP contribution in [0, 0.1) is 6.92 Å². The Hall–Kier alpha value is -3.73. The third-order valence-electron chi connectivity index (χ3n) is 4.52. The van der Waals surface area contributed by atoms with E-state index in [1.807, 2.05) is 78.2 Å². The number of carbonyl (C=O) groups excluding carboxylic acids is 1. The van der Waals surface area contributed by atoms with Gasteiger partial charge < -0.3 is 5.32 Å². The van der Waals surface area contributed by atoms with Crippen LogP contribution in [0.2, 0.25) is 0 Å². The zero-order valence-electron chi connectivity index (χ0n) is 15.6.